The molecule has 0 unspecified atom stereocenters. The van der Waals surface area contributed by atoms with Crippen LogP contribution in [0.3, 0.4) is 0 Å². The van der Waals surface area contributed by atoms with Crippen LogP contribution in [-0.2, 0) is 12.8 Å². The van der Waals surface area contributed by atoms with Crippen LogP contribution in [0.4, 0.5) is 5.69 Å². The molecule has 0 spiro atoms. The number of hydrogen-bond acceptors (Lipinski definition) is 3. The van der Waals surface area contributed by atoms with E-state index in [1.165, 1.54) is 7.11 Å². The van der Waals surface area contributed by atoms with E-state index >= 15 is 0 Å². The van der Waals surface area contributed by atoms with Crippen LogP contribution in [0.2, 0.25) is 0 Å². The minimum Gasteiger partial charge on any atom is -0.489 e. The predicted octanol–water partition coefficient (Wildman–Crippen LogP) is 3.24. The molecular weight excluding hydrogens is 274 g/mol. The number of benzene rings is 1. The summed E-state index contributed by atoms with van der Waals surface area (Å²) in [5.74, 6) is 0.339. The fraction of sp³-hybridized carbons (Fsp3) is 0.455. The number of ether oxygens (including phenoxy) is 1. The van der Waals surface area contributed by atoms with E-state index in [2.05, 4.69) is 15.9 Å². The molecule has 1 aliphatic carbocycles. The maximum absolute atomic E-state index is 11.1. The molecule has 0 saturated carbocycles. The first kappa shape index (κ1) is 11.4. The minimum absolute atomic E-state index is 0.131. The molecule has 0 radical (unpaired) electrons. The van der Waals surface area contributed by atoms with Crippen molar-refractivity contribution in [3.05, 3.63) is 31.8 Å². The lowest BCUT2D eigenvalue weighted by Crippen LogP contribution is -2.08. The molecule has 0 aromatic heterocycles. The summed E-state index contributed by atoms with van der Waals surface area (Å²) in [7, 11) is 1.46. The van der Waals surface area contributed by atoms with Crippen molar-refractivity contribution in [3.63, 3.8) is 0 Å². The second kappa shape index (κ2) is 4.41. The standard InChI is InChI=1S/C11H12BrNO3/c1-16-11-9(12)6-7-4-2-3-5-8(7)10(11)13(14)15/h6H,2-5H2,1H3. The van der Waals surface area contributed by atoms with E-state index in [1.54, 1.807) is 0 Å². The van der Waals surface area contributed by atoms with Crippen molar-refractivity contribution < 1.29 is 9.66 Å². The molecule has 0 aliphatic heterocycles. The van der Waals surface area contributed by atoms with E-state index in [4.69, 9.17) is 4.74 Å². The highest BCUT2D eigenvalue weighted by atomic mass is 79.9. The lowest BCUT2D eigenvalue weighted by atomic mass is 9.90. The number of hydrogen-bond donors (Lipinski definition) is 0. The number of fused-ring (bicyclic) bond motifs is 1. The van der Waals surface area contributed by atoms with Gasteiger partial charge < -0.3 is 4.74 Å². The van der Waals surface area contributed by atoms with Crippen LogP contribution in [0.25, 0.3) is 0 Å². The first-order chi connectivity index (χ1) is 7.65. The molecule has 1 aromatic rings. The van der Waals surface area contributed by atoms with Crippen LogP contribution in [0, 0.1) is 10.1 Å². The summed E-state index contributed by atoms with van der Waals surface area (Å²) in [6.07, 6.45) is 3.80. The van der Waals surface area contributed by atoms with Gasteiger partial charge in [0.25, 0.3) is 0 Å². The van der Waals surface area contributed by atoms with Gasteiger partial charge in [-0.2, -0.15) is 0 Å². The highest BCUT2D eigenvalue weighted by Crippen LogP contribution is 2.42. The smallest absolute Gasteiger partial charge is 0.315 e. The van der Waals surface area contributed by atoms with Gasteiger partial charge in [-0.25, -0.2) is 0 Å². The maximum atomic E-state index is 11.1. The normalized spacial score (nSPS) is 14.4. The Morgan fingerprint density at radius 2 is 2.12 bits per heavy atom. The van der Waals surface area contributed by atoms with Crippen molar-refractivity contribution >= 4 is 21.6 Å². The number of nitro groups is 1. The van der Waals surface area contributed by atoms with Crippen LogP contribution in [0.5, 0.6) is 5.75 Å². The third-order valence-electron chi connectivity index (χ3n) is 2.92. The SMILES string of the molecule is COc1c(Br)cc2c(c1[N+](=O)[O-])CCCC2. The van der Waals surface area contributed by atoms with Crippen molar-refractivity contribution in [2.75, 3.05) is 7.11 Å². The molecule has 2 rings (SSSR count). The van der Waals surface area contributed by atoms with Crippen molar-refractivity contribution in [1.29, 1.82) is 0 Å². The van der Waals surface area contributed by atoms with Crippen molar-refractivity contribution in [2.24, 2.45) is 0 Å². The van der Waals surface area contributed by atoms with Gasteiger partial charge >= 0.3 is 5.69 Å². The van der Waals surface area contributed by atoms with Crippen LogP contribution < -0.4 is 4.74 Å². The Hall–Kier alpha value is -1.10. The van der Waals surface area contributed by atoms with Crippen LogP contribution in [0.15, 0.2) is 10.5 Å². The van der Waals surface area contributed by atoms with Gasteiger partial charge in [-0.05, 0) is 53.2 Å². The molecule has 0 fully saturated rings. The lowest BCUT2D eigenvalue weighted by Gasteiger charge is -2.17. The number of nitrogens with zero attached hydrogens (tertiary/aromatic N) is 1. The zero-order valence-electron chi connectivity index (χ0n) is 8.96. The Labute approximate surface area is 102 Å². The predicted molar refractivity (Wildman–Crippen MR) is 64.0 cm³/mol. The zero-order chi connectivity index (χ0) is 11.7. The van der Waals surface area contributed by atoms with Gasteiger partial charge in [0.1, 0.15) is 0 Å². The van der Waals surface area contributed by atoms with Crippen LogP contribution in [-0.4, -0.2) is 12.0 Å². The first-order valence-corrected chi connectivity index (χ1v) is 5.97. The van der Waals surface area contributed by atoms with Gasteiger partial charge in [0.15, 0.2) is 0 Å². The Bertz CT molecular complexity index is 445. The Morgan fingerprint density at radius 1 is 1.44 bits per heavy atom. The molecule has 5 heteroatoms. The van der Waals surface area contributed by atoms with Crippen molar-refractivity contribution in [1.82, 2.24) is 0 Å². The third kappa shape index (κ3) is 1.80. The van der Waals surface area contributed by atoms with E-state index in [0.717, 1.165) is 36.8 Å². The molecule has 0 N–H and O–H groups in total. The van der Waals surface area contributed by atoms with Gasteiger partial charge in [0.05, 0.1) is 16.5 Å². The summed E-state index contributed by atoms with van der Waals surface area (Å²) < 4.78 is 5.78. The Balaban J connectivity index is 2.68. The average molecular weight is 286 g/mol. The number of rotatable bonds is 2. The molecule has 0 bridgehead atoms. The fourth-order valence-electron chi connectivity index (χ4n) is 2.21. The largest absolute Gasteiger partial charge is 0.489 e. The average Bonchev–Trinajstić information content (AvgIpc) is 2.26. The molecule has 1 aromatic carbocycles. The molecule has 4 nitrogen and oxygen atoms in total. The van der Waals surface area contributed by atoms with E-state index in [0.29, 0.717) is 10.2 Å². The fourth-order valence-corrected chi connectivity index (χ4v) is 2.84. The van der Waals surface area contributed by atoms with Crippen LogP contribution >= 0.6 is 15.9 Å². The minimum atomic E-state index is -0.340. The topological polar surface area (TPSA) is 52.4 Å². The van der Waals surface area contributed by atoms with Crippen molar-refractivity contribution in [2.45, 2.75) is 25.7 Å². The quantitative estimate of drug-likeness (QED) is 0.619. The van der Waals surface area contributed by atoms with Gasteiger partial charge in [0.2, 0.25) is 5.75 Å². The second-order valence-corrected chi connectivity index (χ2v) is 4.70. The number of halogens is 1. The van der Waals surface area contributed by atoms with E-state index < -0.39 is 0 Å². The maximum Gasteiger partial charge on any atom is 0.315 e. The van der Waals surface area contributed by atoms with E-state index in [-0.39, 0.29) is 10.6 Å². The summed E-state index contributed by atoms with van der Waals surface area (Å²) in [4.78, 5) is 10.8. The molecule has 0 saturated heterocycles. The summed E-state index contributed by atoms with van der Waals surface area (Å²) in [6.45, 7) is 0. The second-order valence-electron chi connectivity index (χ2n) is 3.84. The van der Waals surface area contributed by atoms with Crippen LogP contribution in [0.1, 0.15) is 24.0 Å². The summed E-state index contributed by atoms with van der Waals surface area (Å²) in [5.41, 5.74) is 2.05. The Morgan fingerprint density at radius 3 is 2.75 bits per heavy atom. The third-order valence-corrected chi connectivity index (χ3v) is 3.51. The molecule has 0 heterocycles. The number of nitro benzene ring substituents is 1. The molecule has 0 atom stereocenters. The molecular formula is C11H12BrNO3. The van der Waals surface area contributed by atoms with E-state index in [1.807, 2.05) is 6.07 Å². The molecule has 0 amide bonds. The van der Waals surface area contributed by atoms with Crippen molar-refractivity contribution in [3.8, 4) is 5.75 Å². The van der Waals surface area contributed by atoms with Gasteiger partial charge in [-0.15, -0.1) is 0 Å². The molecule has 16 heavy (non-hydrogen) atoms. The van der Waals surface area contributed by atoms with E-state index in [9.17, 15) is 10.1 Å². The lowest BCUT2D eigenvalue weighted by molar-refractivity contribution is -0.386. The van der Waals surface area contributed by atoms with Gasteiger partial charge in [-0.1, -0.05) is 0 Å². The van der Waals surface area contributed by atoms with Gasteiger partial charge in [-0.3, -0.25) is 10.1 Å². The summed E-state index contributed by atoms with van der Waals surface area (Å²) in [5, 5.41) is 11.1. The zero-order valence-corrected chi connectivity index (χ0v) is 10.5. The summed E-state index contributed by atoms with van der Waals surface area (Å²) >= 11 is 3.33. The monoisotopic (exact) mass is 285 g/mol. The number of methoxy groups -OCH3 is 1. The molecule has 1 aliphatic rings. The Kier molecular flexibility index (Phi) is 3.14. The first-order valence-electron chi connectivity index (χ1n) is 5.17. The van der Waals surface area contributed by atoms with Gasteiger partial charge in [0, 0.05) is 5.56 Å². The highest BCUT2D eigenvalue weighted by Gasteiger charge is 2.27. The highest BCUT2D eigenvalue weighted by molar-refractivity contribution is 9.10. The number of aryl methyl sites for hydroxylation is 1. The molecule has 86 valence electrons. The summed E-state index contributed by atoms with van der Waals surface area (Å²) in [6, 6.07) is 1.94.